The van der Waals surface area contributed by atoms with Crippen molar-refractivity contribution in [1.82, 2.24) is 4.90 Å². The molecule has 0 aromatic rings. The van der Waals surface area contributed by atoms with Crippen molar-refractivity contribution in [1.29, 1.82) is 0 Å². The van der Waals surface area contributed by atoms with Crippen molar-refractivity contribution in [2.75, 3.05) is 13.3 Å². The van der Waals surface area contributed by atoms with Crippen LogP contribution < -0.4 is 0 Å². The zero-order valence-electron chi connectivity index (χ0n) is 10.7. The molecule has 0 atom stereocenters. The van der Waals surface area contributed by atoms with Gasteiger partial charge < -0.3 is 4.74 Å². The van der Waals surface area contributed by atoms with E-state index >= 15 is 0 Å². The Morgan fingerprint density at radius 1 is 1.18 bits per heavy atom. The van der Waals surface area contributed by atoms with Crippen LogP contribution in [0.5, 0.6) is 0 Å². The summed E-state index contributed by atoms with van der Waals surface area (Å²) in [6.45, 7) is 2.41. The molecule has 0 aromatic heterocycles. The van der Waals surface area contributed by atoms with E-state index in [1.807, 2.05) is 0 Å². The van der Waals surface area contributed by atoms with Gasteiger partial charge in [-0.05, 0) is 6.42 Å². The highest BCUT2D eigenvalue weighted by Crippen LogP contribution is 2.11. The molecule has 0 radical (unpaired) electrons. The van der Waals surface area contributed by atoms with Gasteiger partial charge in [0, 0.05) is 6.42 Å². The van der Waals surface area contributed by atoms with Crippen LogP contribution in [0.3, 0.4) is 0 Å². The second-order valence-electron chi connectivity index (χ2n) is 4.56. The van der Waals surface area contributed by atoms with E-state index in [1.165, 1.54) is 37.0 Å². The number of ether oxygens (including phenoxy) is 1. The number of rotatable bonds is 8. The molecule has 0 spiro atoms. The molecule has 0 aromatic carbocycles. The standard InChI is InChI=1S/C13H23NO3/c1-2-3-4-5-6-7-8-9-12(15)14-11-17-10-13(14)16/h2-11H2,1H3. The van der Waals surface area contributed by atoms with Gasteiger partial charge in [0.2, 0.25) is 5.91 Å². The van der Waals surface area contributed by atoms with Crippen LogP contribution in [0, 0.1) is 0 Å². The molecule has 1 aliphatic heterocycles. The van der Waals surface area contributed by atoms with Crippen molar-refractivity contribution < 1.29 is 14.3 Å². The fraction of sp³-hybridized carbons (Fsp3) is 0.846. The van der Waals surface area contributed by atoms with E-state index in [0.29, 0.717) is 6.42 Å². The number of nitrogens with zero attached hydrogens (tertiary/aromatic N) is 1. The van der Waals surface area contributed by atoms with Crippen LogP contribution >= 0.6 is 0 Å². The molecular weight excluding hydrogens is 218 g/mol. The molecule has 4 heteroatoms. The summed E-state index contributed by atoms with van der Waals surface area (Å²) in [6.07, 6.45) is 8.75. The average Bonchev–Trinajstić information content (AvgIpc) is 2.74. The number of amides is 2. The molecule has 17 heavy (non-hydrogen) atoms. The minimum Gasteiger partial charge on any atom is -0.351 e. The van der Waals surface area contributed by atoms with Crippen molar-refractivity contribution in [3.05, 3.63) is 0 Å². The third-order valence-corrected chi connectivity index (χ3v) is 3.04. The summed E-state index contributed by atoms with van der Waals surface area (Å²) in [4.78, 5) is 24.0. The van der Waals surface area contributed by atoms with E-state index < -0.39 is 0 Å². The quantitative estimate of drug-likeness (QED) is 0.613. The Morgan fingerprint density at radius 3 is 2.41 bits per heavy atom. The van der Waals surface area contributed by atoms with Crippen LogP contribution in [0.1, 0.15) is 58.3 Å². The Hall–Kier alpha value is -0.900. The zero-order chi connectivity index (χ0) is 12.5. The molecule has 2 amide bonds. The normalized spacial score (nSPS) is 15.6. The Labute approximate surface area is 103 Å². The molecule has 0 saturated carbocycles. The van der Waals surface area contributed by atoms with E-state index in [-0.39, 0.29) is 25.2 Å². The van der Waals surface area contributed by atoms with Crippen molar-refractivity contribution in [2.45, 2.75) is 58.3 Å². The van der Waals surface area contributed by atoms with Gasteiger partial charge in [0.1, 0.15) is 13.3 Å². The van der Waals surface area contributed by atoms with Crippen molar-refractivity contribution in [3.63, 3.8) is 0 Å². The van der Waals surface area contributed by atoms with E-state index in [2.05, 4.69) is 6.92 Å². The molecule has 0 bridgehead atoms. The van der Waals surface area contributed by atoms with Crippen LogP contribution in [0.4, 0.5) is 0 Å². The molecule has 4 nitrogen and oxygen atoms in total. The highest BCUT2D eigenvalue weighted by Gasteiger charge is 2.26. The Morgan fingerprint density at radius 2 is 1.82 bits per heavy atom. The number of carbonyl (C=O) groups is 2. The van der Waals surface area contributed by atoms with Gasteiger partial charge in [-0.15, -0.1) is 0 Å². The van der Waals surface area contributed by atoms with Crippen LogP contribution in [-0.2, 0) is 14.3 Å². The number of imide groups is 1. The number of unbranched alkanes of at least 4 members (excludes halogenated alkanes) is 6. The fourth-order valence-corrected chi connectivity index (χ4v) is 1.95. The highest BCUT2D eigenvalue weighted by molar-refractivity contribution is 5.96. The summed E-state index contributed by atoms with van der Waals surface area (Å²) >= 11 is 0. The smallest absolute Gasteiger partial charge is 0.257 e. The minimum atomic E-state index is -0.196. The van der Waals surface area contributed by atoms with Crippen LogP contribution in [0.25, 0.3) is 0 Å². The minimum absolute atomic E-state index is 0.0583. The van der Waals surface area contributed by atoms with Gasteiger partial charge in [-0.1, -0.05) is 45.4 Å². The second-order valence-corrected chi connectivity index (χ2v) is 4.56. The molecule has 0 unspecified atom stereocenters. The van der Waals surface area contributed by atoms with Crippen molar-refractivity contribution in [3.8, 4) is 0 Å². The molecule has 0 aliphatic carbocycles. The van der Waals surface area contributed by atoms with Crippen molar-refractivity contribution in [2.24, 2.45) is 0 Å². The zero-order valence-corrected chi connectivity index (χ0v) is 10.7. The summed E-state index contributed by atoms with van der Waals surface area (Å²) in [7, 11) is 0. The van der Waals surface area contributed by atoms with E-state index in [0.717, 1.165) is 12.8 Å². The third kappa shape index (κ3) is 5.31. The van der Waals surface area contributed by atoms with E-state index in [9.17, 15) is 9.59 Å². The van der Waals surface area contributed by atoms with Crippen molar-refractivity contribution >= 4 is 11.8 Å². The van der Waals surface area contributed by atoms with Crippen LogP contribution in [0.15, 0.2) is 0 Å². The maximum atomic E-state index is 11.6. The molecule has 0 N–H and O–H groups in total. The van der Waals surface area contributed by atoms with Gasteiger partial charge in [0.15, 0.2) is 0 Å². The van der Waals surface area contributed by atoms with Gasteiger partial charge in [-0.2, -0.15) is 0 Å². The first kappa shape index (κ1) is 14.2. The Kier molecular flexibility index (Phi) is 6.86. The number of carbonyl (C=O) groups excluding carboxylic acids is 2. The van der Waals surface area contributed by atoms with Gasteiger partial charge >= 0.3 is 0 Å². The van der Waals surface area contributed by atoms with E-state index in [1.54, 1.807) is 0 Å². The Balaban J connectivity index is 1.99. The molecule has 1 aliphatic rings. The predicted molar refractivity (Wildman–Crippen MR) is 65.3 cm³/mol. The third-order valence-electron chi connectivity index (χ3n) is 3.04. The van der Waals surface area contributed by atoms with Gasteiger partial charge in [0.05, 0.1) is 0 Å². The summed E-state index contributed by atoms with van der Waals surface area (Å²) in [5, 5.41) is 0. The van der Waals surface area contributed by atoms with Gasteiger partial charge in [-0.25, -0.2) is 0 Å². The maximum Gasteiger partial charge on any atom is 0.257 e. The van der Waals surface area contributed by atoms with Gasteiger partial charge in [0.25, 0.3) is 5.91 Å². The lowest BCUT2D eigenvalue weighted by molar-refractivity contribution is -0.141. The molecule has 1 fully saturated rings. The Bertz CT molecular complexity index is 253. The number of hydrogen-bond donors (Lipinski definition) is 0. The van der Waals surface area contributed by atoms with Crippen LogP contribution in [0.2, 0.25) is 0 Å². The lowest BCUT2D eigenvalue weighted by Gasteiger charge is -2.11. The maximum absolute atomic E-state index is 11.6. The summed E-state index contributed by atoms with van der Waals surface area (Å²) in [5.74, 6) is -0.279. The second kappa shape index (κ2) is 8.23. The first-order chi connectivity index (χ1) is 8.25. The molecule has 98 valence electrons. The lowest BCUT2D eigenvalue weighted by atomic mass is 10.1. The fourth-order valence-electron chi connectivity index (χ4n) is 1.95. The van der Waals surface area contributed by atoms with E-state index in [4.69, 9.17) is 4.74 Å². The average molecular weight is 241 g/mol. The lowest BCUT2D eigenvalue weighted by Crippen LogP contribution is -2.32. The largest absolute Gasteiger partial charge is 0.351 e. The van der Waals surface area contributed by atoms with Crippen LogP contribution in [-0.4, -0.2) is 30.1 Å². The monoisotopic (exact) mass is 241 g/mol. The molecule has 1 rings (SSSR count). The van der Waals surface area contributed by atoms with Gasteiger partial charge in [-0.3, -0.25) is 14.5 Å². The molecular formula is C13H23NO3. The topological polar surface area (TPSA) is 46.6 Å². The molecule has 1 saturated heterocycles. The first-order valence-corrected chi connectivity index (χ1v) is 6.66. The highest BCUT2D eigenvalue weighted by atomic mass is 16.5. The SMILES string of the molecule is CCCCCCCCCC(=O)N1COCC1=O. The predicted octanol–water partition coefficient (Wildman–Crippen LogP) is 2.47. The summed E-state index contributed by atoms with van der Waals surface area (Å²) in [5.41, 5.74) is 0. The summed E-state index contributed by atoms with van der Waals surface area (Å²) < 4.78 is 4.92. The summed E-state index contributed by atoms with van der Waals surface area (Å²) in [6, 6.07) is 0. The molecule has 1 heterocycles. The first-order valence-electron chi connectivity index (χ1n) is 6.66. The number of hydrogen-bond acceptors (Lipinski definition) is 3.